The summed E-state index contributed by atoms with van der Waals surface area (Å²) in [6.45, 7) is -0.372. The molecule has 0 aliphatic carbocycles. The predicted molar refractivity (Wildman–Crippen MR) is 62.0 cm³/mol. The first-order valence-corrected chi connectivity index (χ1v) is 5.24. The summed E-state index contributed by atoms with van der Waals surface area (Å²) in [5, 5.41) is 17.9. The van der Waals surface area contributed by atoms with Crippen LogP contribution in [0.25, 0.3) is 0 Å². The highest BCUT2D eigenvalue weighted by atomic mass is 19.1. The van der Waals surface area contributed by atoms with Crippen molar-refractivity contribution < 1.29 is 19.1 Å². The van der Waals surface area contributed by atoms with Crippen LogP contribution in [0.3, 0.4) is 0 Å². The van der Waals surface area contributed by atoms with Gasteiger partial charge < -0.3 is 10.4 Å². The van der Waals surface area contributed by atoms with Gasteiger partial charge in [-0.15, -0.1) is 5.10 Å². The average Bonchev–Trinajstić information content (AvgIpc) is 2.76. The Morgan fingerprint density at radius 2 is 2.11 bits per heavy atom. The van der Waals surface area contributed by atoms with Crippen molar-refractivity contribution in [2.75, 3.05) is 5.32 Å². The van der Waals surface area contributed by atoms with Crippen LogP contribution in [-0.2, 0) is 11.3 Å². The van der Waals surface area contributed by atoms with Crippen molar-refractivity contribution in [3.05, 3.63) is 41.8 Å². The number of carboxylic acid groups (broad SMARTS) is 1. The van der Waals surface area contributed by atoms with Gasteiger partial charge in [0.15, 0.2) is 5.82 Å². The van der Waals surface area contributed by atoms with Gasteiger partial charge in [-0.3, -0.25) is 9.59 Å². The zero-order chi connectivity index (χ0) is 13.8. The molecule has 1 amide bonds. The van der Waals surface area contributed by atoms with Crippen molar-refractivity contribution in [3.63, 3.8) is 0 Å². The third-order valence-electron chi connectivity index (χ3n) is 2.20. The second-order valence-electron chi connectivity index (χ2n) is 3.63. The summed E-state index contributed by atoms with van der Waals surface area (Å²) in [5.41, 5.74) is -0.129. The van der Waals surface area contributed by atoms with E-state index in [1.165, 1.54) is 24.4 Å². The number of aromatic nitrogens is 3. The van der Waals surface area contributed by atoms with E-state index in [2.05, 4.69) is 15.6 Å². The number of aliphatic carboxylic acids is 1. The number of rotatable bonds is 4. The molecular formula is C11H9FN4O3. The van der Waals surface area contributed by atoms with Gasteiger partial charge in [0, 0.05) is 0 Å². The molecule has 0 radical (unpaired) electrons. The van der Waals surface area contributed by atoms with Crippen LogP contribution in [0.15, 0.2) is 30.5 Å². The van der Waals surface area contributed by atoms with E-state index in [-0.39, 0.29) is 17.9 Å². The Morgan fingerprint density at radius 3 is 2.79 bits per heavy atom. The minimum Gasteiger partial charge on any atom is -0.480 e. The monoisotopic (exact) mass is 264 g/mol. The average molecular weight is 264 g/mol. The Kier molecular flexibility index (Phi) is 3.51. The van der Waals surface area contributed by atoms with E-state index in [0.717, 1.165) is 10.7 Å². The van der Waals surface area contributed by atoms with Crippen molar-refractivity contribution >= 4 is 17.7 Å². The fourth-order valence-electron chi connectivity index (χ4n) is 1.40. The molecule has 0 atom stereocenters. The first-order chi connectivity index (χ1) is 9.06. The molecule has 2 N–H and O–H groups in total. The minimum atomic E-state index is -1.09. The number of amides is 1. The molecule has 0 saturated heterocycles. The molecule has 0 aliphatic rings. The number of benzene rings is 1. The van der Waals surface area contributed by atoms with Gasteiger partial charge in [-0.2, -0.15) is 0 Å². The summed E-state index contributed by atoms with van der Waals surface area (Å²) < 4.78 is 14.4. The largest absolute Gasteiger partial charge is 0.480 e. The van der Waals surface area contributed by atoms with E-state index in [9.17, 15) is 14.0 Å². The van der Waals surface area contributed by atoms with Crippen molar-refractivity contribution in [1.29, 1.82) is 0 Å². The standard InChI is InChI=1S/C11H9FN4O3/c12-8-4-2-1-3-7(8)11(19)13-9-5-16(15-14-9)6-10(17)18/h1-5H,6H2,(H,13,19)(H,17,18). The lowest BCUT2D eigenvalue weighted by Crippen LogP contribution is -2.14. The summed E-state index contributed by atoms with van der Waals surface area (Å²) in [5.74, 6) is -2.37. The molecule has 1 heterocycles. The number of carbonyl (C=O) groups is 2. The topological polar surface area (TPSA) is 97.1 Å². The number of hydrogen-bond acceptors (Lipinski definition) is 4. The molecule has 0 saturated carbocycles. The highest BCUT2D eigenvalue weighted by Crippen LogP contribution is 2.09. The van der Waals surface area contributed by atoms with E-state index >= 15 is 0 Å². The number of carbonyl (C=O) groups excluding carboxylic acids is 1. The smallest absolute Gasteiger partial charge is 0.325 e. The maximum absolute atomic E-state index is 13.3. The van der Waals surface area contributed by atoms with E-state index in [1.807, 2.05) is 0 Å². The Balaban J connectivity index is 2.09. The molecule has 8 heteroatoms. The lowest BCUT2D eigenvalue weighted by atomic mass is 10.2. The lowest BCUT2D eigenvalue weighted by molar-refractivity contribution is -0.137. The van der Waals surface area contributed by atoms with Crippen LogP contribution in [0.5, 0.6) is 0 Å². The highest BCUT2D eigenvalue weighted by molar-refractivity contribution is 6.03. The highest BCUT2D eigenvalue weighted by Gasteiger charge is 2.13. The number of halogens is 1. The van der Waals surface area contributed by atoms with Crippen molar-refractivity contribution in [2.45, 2.75) is 6.54 Å². The van der Waals surface area contributed by atoms with Crippen LogP contribution in [0.1, 0.15) is 10.4 Å². The molecule has 19 heavy (non-hydrogen) atoms. The molecule has 7 nitrogen and oxygen atoms in total. The second-order valence-corrected chi connectivity index (χ2v) is 3.63. The fourth-order valence-corrected chi connectivity index (χ4v) is 1.40. The van der Waals surface area contributed by atoms with Crippen LogP contribution in [0.2, 0.25) is 0 Å². The fraction of sp³-hybridized carbons (Fsp3) is 0.0909. The quantitative estimate of drug-likeness (QED) is 0.849. The normalized spacial score (nSPS) is 10.2. The van der Waals surface area contributed by atoms with Gasteiger partial charge in [-0.1, -0.05) is 17.3 Å². The van der Waals surface area contributed by atoms with Crippen LogP contribution >= 0.6 is 0 Å². The van der Waals surface area contributed by atoms with Gasteiger partial charge in [0.05, 0.1) is 11.8 Å². The molecule has 1 aromatic heterocycles. The molecule has 1 aromatic carbocycles. The second kappa shape index (κ2) is 5.25. The molecule has 0 bridgehead atoms. The van der Waals surface area contributed by atoms with Crippen molar-refractivity contribution in [3.8, 4) is 0 Å². The van der Waals surface area contributed by atoms with E-state index in [0.29, 0.717) is 0 Å². The van der Waals surface area contributed by atoms with Gasteiger partial charge >= 0.3 is 5.97 Å². The van der Waals surface area contributed by atoms with E-state index in [1.54, 1.807) is 0 Å². The molecule has 0 unspecified atom stereocenters. The van der Waals surface area contributed by atoms with Gasteiger partial charge in [0.2, 0.25) is 0 Å². The lowest BCUT2D eigenvalue weighted by Gasteiger charge is -2.01. The maximum atomic E-state index is 13.3. The molecular weight excluding hydrogens is 255 g/mol. The summed E-state index contributed by atoms with van der Waals surface area (Å²) in [6, 6.07) is 5.48. The molecule has 2 aromatic rings. The van der Waals surface area contributed by atoms with Gasteiger partial charge in [-0.25, -0.2) is 9.07 Å². The number of nitrogens with one attached hydrogen (secondary N) is 1. The first kappa shape index (κ1) is 12.7. The number of anilines is 1. The molecule has 98 valence electrons. The number of hydrogen-bond donors (Lipinski definition) is 2. The summed E-state index contributed by atoms with van der Waals surface area (Å²) in [4.78, 5) is 22.2. The molecule has 0 fully saturated rings. The molecule has 0 spiro atoms. The third kappa shape index (κ3) is 3.12. The predicted octanol–water partition coefficient (Wildman–Crippen LogP) is 0.754. The Morgan fingerprint density at radius 1 is 1.37 bits per heavy atom. The van der Waals surface area contributed by atoms with Crippen LogP contribution in [-0.4, -0.2) is 32.0 Å². The Labute approximate surface area is 106 Å². The van der Waals surface area contributed by atoms with E-state index in [4.69, 9.17) is 5.11 Å². The van der Waals surface area contributed by atoms with Crippen LogP contribution in [0.4, 0.5) is 10.2 Å². The Hall–Kier alpha value is -2.77. The SMILES string of the molecule is O=C(O)Cn1cc(NC(=O)c2ccccc2F)nn1. The van der Waals surface area contributed by atoms with Gasteiger partial charge in [0.1, 0.15) is 12.4 Å². The van der Waals surface area contributed by atoms with Crippen LogP contribution < -0.4 is 5.32 Å². The summed E-state index contributed by atoms with van der Waals surface area (Å²) >= 11 is 0. The number of nitrogens with zero attached hydrogens (tertiary/aromatic N) is 3. The third-order valence-corrected chi connectivity index (χ3v) is 2.20. The minimum absolute atomic E-state index is 0.0505. The number of carboxylic acids is 1. The first-order valence-electron chi connectivity index (χ1n) is 5.24. The van der Waals surface area contributed by atoms with Crippen molar-refractivity contribution in [2.24, 2.45) is 0 Å². The zero-order valence-corrected chi connectivity index (χ0v) is 9.58. The van der Waals surface area contributed by atoms with Crippen LogP contribution in [0, 0.1) is 5.82 Å². The van der Waals surface area contributed by atoms with Gasteiger partial charge in [0.25, 0.3) is 5.91 Å². The molecule has 2 rings (SSSR count). The van der Waals surface area contributed by atoms with E-state index < -0.39 is 17.7 Å². The summed E-state index contributed by atoms with van der Waals surface area (Å²) in [6.07, 6.45) is 1.24. The van der Waals surface area contributed by atoms with Crippen molar-refractivity contribution in [1.82, 2.24) is 15.0 Å². The zero-order valence-electron chi connectivity index (χ0n) is 9.58. The molecule has 0 aliphatic heterocycles. The Bertz CT molecular complexity index is 626. The van der Waals surface area contributed by atoms with Gasteiger partial charge in [-0.05, 0) is 12.1 Å². The summed E-state index contributed by atoms with van der Waals surface area (Å²) in [7, 11) is 0. The maximum Gasteiger partial charge on any atom is 0.325 e.